The van der Waals surface area contributed by atoms with Crippen molar-refractivity contribution in [3.05, 3.63) is 133 Å². The van der Waals surface area contributed by atoms with Crippen molar-refractivity contribution >= 4 is 48.5 Å². The molecule has 0 nitrogen and oxygen atoms in total. The number of fused-ring (bicyclic) bond motifs is 2. The summed E-state index contributed by atoms with van der Waals surface area (Å²) in [5.41, 5.74) is 3.98. The largest absolute Gasteiger partial charge is 0.168 e. The van der Waals surface area contributed by atoms with E-state index >= 15 is 0 Å². The van der Waals surface area contributed by atoms with Crippen LogP contribution < -0.4 is 0 Å². The second kappa shape index (κ2) is 18.9. The Morgan fingerprint density at radius 2 is 1.52 bits per heavy atom. The summed E-state index contributed by atoms with van der Waals surface area (Å²) in [4.78, 5) is 0. The number of allylic oxidation sites excluding steroid dienone is 1. The van der Waals surface area contributed by atoms with Gasteiger partial charge in [-0.25, -0.2) is 0 Å². The molecule has 1 unspecified atom stereocenters. The van der Waals surface area contributed by atoms with Crippen LogP contribution in [0.1, 0.15) is 42.4 Å². The Bertz CT molecular complexity index is 1010. The first-order valence-electron chi connectivity index (χ1n) is 10.6. The summed E-state index contributed by atoms with van der Waals surface area (Å²) in [6.07, 6.45) is 9.28. The molecule has 0 bridgehead atoms. The minimum Gasteiger partial charge on any atom is -0.168 e. The summed E-state index contributed by atoms with van der Waals surface area (Å²) in [5.74, 6) is 0.660. The number of benzene rings is 3. The molecule has 0 aliphatic heterocycles. The molecule has 0 heterocycles. The fourth-order valence-corrected chi connectivity index (χ4v) is 3.47. The first-order valence-corrected chi connectivity index (χ1v) is 14.7. The molecule has 4 aromatic rings. The zero-order valence-electron chi connectivity index (χ0n) is 19.0. The maximum atomic E-state index is 3.72. The molecule has 0 aromatic heterocycles. The SMILES string of the molecule is C[CH-]CCC1C=Cc2ccccc21.Cl.Cl.[CH2-]c1ccccc1.[Si]=[Zr].c1ccc2[cH-]ccc2c1. The molecule has 0 amide bonds. The van der Waals surface area contributed by atoms with E-state index in [2.05, 4.69) is 106 Å². The Hall–Kier alpha value is -1.44. The van der Waals surface area contributed by atoms with E-state index < -0.39 is 0 Å². The van der Waals surface area contributed by atoms with Crippen molar-refractivity contribution in [3.8, 4) is 0 Å². The summed E-state index contributed by atoms with van der Waals surface area (Å²) in [7, 11) is 0. The van der Waals surface area contributed by atoms with E-state index in [1.807, 2.05) is 30.3 Å². The van der Waals surface area contributed by atoms with Crippen LogP contribution in [0.25, 0.3) is 16.8 Å². The van der Waals surface area contributed by atoms with Crippen molar-refractivity contribution in [1.29, 1.82) is 0 Å². The van der Waals surface area contributed by atoms with Crippen LogP contribution in [-0.2, 0) is 23.3 Å². The van der Waals surface area contributed by atoms with Gasteiger partial charge >= 0.3 is 30.2 Å². The number of hydrogen-bond donors (Lipinski definition) is 0. The van der Waals surface area contributed by atoms with Gasteiger partial charge in [-0.3, -0.25) is 0 Å². The van der Waals surface area contributed by atoms with Gasteiger partial charge in [0.2, 0.25) is 0 Å². The topological polar surface area (TPSA) is 0 Å². The number of hydrogen-bond acceptors (Lipinski definition) is 0. The first-order chi connectivity index (χ1) is 15.3. The Kier molecular flexibility index (Phi) is 18.1. The number of unbranched alkanes of at least 4 members (excludes halogenated alkanes) is 1. The van der Waals surface area contributed by atoms with Gasteiger partial charge in [-0.05, 0) is 11.1 Å². The van der Waals surface area contributed by atoms with Gasteiger partial charge in [0, 0.05) is 5.92 Å². The molecule has 0 fully saturated rings. The quantitative estimate of drug-likeness (QED) is 0.171. The zero-order valence-corrected chi connectivity index (χ0v) is 24.1. The van der Waals surface area contributed by atoms with Crippen molar-refractivity contribution in [3.63, 3.8) is 0 Å². The predicted octanol–water partition coefficient (Wildman–Crippen LogP) is 8.69. The first kappa shape index (κ1) is 31.6. The summed E-state index contributed by atoms with van der Waals surface area (Å²) < 4.78 is 0. The van der Waals surface area contributed by atoms with Crippen LogP contribution in [-0.4, -0.2) is 6.88 Å². The minimum absolute atomic E-state index is 0. The van der Waals surface area contributed by atoms with E-state index in [0.29, 0.717) is 5.92 Å². The molecule has 5 rings (SSSR count). The average Bonchev–Trinajstić information content (AvgIpc) is 3.47. The minimum atomic E-state index is 0. The van der Waals surface area contributed by atoms with Crippen LogP contribution in [0.5, 0.6) is 0 Å². The van der Waals surface area contributed by atoms with Gasteiger partial charge in [0.05, 0.1) is 0 Å². The van der Waals surface area contributed by atoms with Crippen molar-refractivity contribution in [2.75, 3.05) is 0 Å². The average molecular weight is 570 g/mol. The monoisotopic (exact) mass is 567 g/mol. The van der Waals surface area contributed by atoms with Gasteiger partial charge in [-0.1, -0.05) is 55.0 Å². The van der Waals surface area contributed by atoms with Gasteiger partial charge in [-0.15, -0.1) is 66.6 Å². The predicted molar refractivity (Wildman–Crippen MR) is 148 cm³/mol. The molecule has 1 aliphatic rings. The standard InChI is InChI=1S/C13H15.C9H7.C7H7.2ClH.Si.Zr/c1-2-3-6-11-9-10-12-7-4-5-8-13(11)12;1-2-5-9-7-3-6-8(9)4-1;1-7-5-3-2-4-6-7;;;;/h2,4-5,7-11H,3,6H2,1H3;1-7H;2-6H,1H2;2*1H;;/q3*-1;;;;. The molecule has 33 heavy (non-hydrogen) atoms. The molecule has 0 spiro atoms. The molecule has 1 aliphatic carbocycles. The molecule has 0 saturated heterocycles. The van der Waals surface area contributed by atoms with Crippen molar-refractivity contribution in [1.82, 2.24) is 0 Å². The molecule has 2 radical (unpaired) electrons. The van der Waals surface area contributed by atoms with Crippen LogP contribution in [0.2, 0.25) is 0 Å². The van der Waals surface area contributed by atoms with Crippen LogP contribution >= 0.6 is 24.8 Å². The van der Waals surface area contributed by atoms with E-state index in [9.17, 15) is 0 Å². The zero-order chi connectivity index (χ0) is 22.3. The smallest absolute Gasteiger partial charge is 0.0809 e. The maximum Gasteiger partial charge on any atom is -0.0809 e. The van der Waals surface area contributed by atoms with E-state index in [0.717, 1.165) is 5.56 Å². The Morgan fingerprint density at radius 3 is 2.15 bits per heavy atom. The third-order valence-corrected chi connectivity index (χ3v) is 5.06. The van der Waals surface area contributed by atoms with Crippen LogP contribution in [0.15, 0.2) is 103 Å². The third-order valence-electron chi connectivity index (χ3n) is 5.06. The third kappa shape index (κ3) is 11.0. The van der Waals surface area contributed by atoms with Gasteiger partial charge in [0.15, 0.2) is 0 Å². The van der Waals surface area contributed by atoms with Crippen molar-refractivity contribution < 1.29 is 23.3 Å². The van der Waals surface area contributed by atoms with Gasteiger partial charge in [-0.2, -0.15) is 55.5 Å². The van der Waals surface area contributed by atoms with Crippen LogP contribution in [0.4, 0.5) is 0 Å². The summed E-state index contributed by atoms with van der Waals surface area (Å²) in [6.45, 7) is 8.91. The molecule has 4 aromatic carbocycles. The van der Waals surface area contributed by atoms with Crippen molar-refractivity contribution in [2.45, 2.75) is 25.7 Å². The number of halogens is 2. The molecular weight excluding hydrogens is 539 g/mol. The molecule has 0 N–H and O–H groups in total. The molecular formula is C29H31Cl2SiZr-3. The molecule has 0 saturated carbocycles. The fraction of sp³-hybridized carbons (Fsp3) is 0.138. The summed E-state index contributed by atoms with van der Waals surface area (Å²) in [5, 5.41) is 2.66. The van der Waals surface area contributed by atoms with E-state index in [1.54, 1.807) is 0 Å². The van der Waals surface area contributed by atoms with Gasteiger partial charge in [0.25, 0.3) is 0 Å². The second-order valence-corrected chi connectivity index (χ2v) is 7.22. The fourth-order valence-electron chi connectivity index (χ4n) is 3.47. The normalized spacial score (nSPS) is 12.2. The Morgan fingerprint density at radius 1 is 0.879 bits per heavy atom. The summed E-state index contributed by atoms with van der Waals surface area (Å²) >= 11 is 1.36. The van der Waals surface area contributed by atoms with Crippen molar-refractivity contribution in [2.24, 2.45) is 0 Å². The Labute approximate surface area is 229 Å². The van der Waals surface area contributed by atoms with Gasteiger partial charge < -0.3 is 6.42 Å². The van der Waals surface area contributed by atoms with Crippen LogP contribution in [0.3, 0.4) is 0 Å². The van der Waals surface area contributed by atoms with Crippen LogP contribution in [0, 0.1) is 13.3 Å². The van der Waals surface area contributed by atoms with E-state index in [-0.39, 0.29) is 24.8 Å². The van der Waals surface area contributed by atoms with E-state index in [4.69, 9.17) is 0 Å². The molecule has 1 atom stereocenters. The molecule has 4 heteroatoms. The molecule has 172 valence electrons. The number of rotatable bonds is 3. The summed E-state index contributed by atoms with van der Waals surface area (Å²) in [6, 6.07) is 33.2. The Balaban J connectivity index is 0.000000454. The maximum absolute atomic E-state index is 3.72. The van der Waals surface area contributed by atoms with Gasteiger partial charge in [0.1, 0.15) is 0 Å². The van der Waals surface area contributed by atoms with E-state index in [1.165, 1.54) is 58.1 Å². The second-order valence-electron chi connectivity index (χ2n) is 7.22.